The first-order chi connectivity index (χ1) is 10.7. The highest BCUT2D eigenvalue weighted by Crippen LogP contribution is 2.27. The summed E-state index contributed by atoms with van der Waals surface area (Å²) in [6.45, 7) is 0.440. The first-order valence-corrected chi connectivity index (χ1v) is 7.78. The summed E-state index contributed by atoms with van der Waals surface area (Å²) < 4.78 is 10.4. The summed E-state index contributed by atoms with van der Waals surface area (Å²) in [5.74, 6) is 0.937. The molecule has 0 fully saturated rings. The number of methoxy groups -OCH3 is 2. The summed E-state index contributed by atoms with van der Waals surface area (Å²) in [6.07, 6.45) is -0.473. The van der Waals surface area contributed by atoms with Crippen LogP contribution >= 0.6 is 11.3 Å². The molecule has 1 atom stereocenters. The van der Waals surface area contributed by atoms with Crippen molar-refractivity contribution >= 4 is 17.2 Å². The van der Waals surface area contributed by atoms with Gasteiger partial charge in [-0.05, 0) is 40.9 Å². The van der Waals surface area contributed by atoms with Crippen LogP contribution < -0.4 is 14.8 Å². The number of hydrogen-bond acceptors (Lipinski definition) is 5. The van der Waals surface area contributed by atoms with Crippen LogP contribution in [-0.2, 0) is 11.2 Å². The first-order valence-electron chi connectivity index (χ1n) is 6.84. The fourth-order valence-corrected chi connectivity index (χ4v) is 2.72. The Morgan fingerprint density at radius 1 is 1.27 bits per heavy atom. The SMILES string of the molecule is COc1ccc(CCNC(=O)C(O)c2ccsc2)cc1OC. The van der Waals surface area contributed by atoms with Gasteiger partial charge >= 0.3 is 0 Å². The Labute approximate surface area is 133 Å². The molecule has 22 heavy (non-hydrogen) atoms. The number of carbonyl (C=O) groups excluding carboxylic acids is 1. The highest BCUT2D eigenvalue weighted by molar-refractivity contribution is 7.08. The lowest BCUT2D eigenvalue weighted by Crippen LogP contribution is -2.30. The van der Waals surface area contributed by atoms with Gasteiger partial charge in [-0.2, -0.15) is 11.3 Å². The van der Waals surface area contributed by atoms with Crippen LogP contribution in [0.15, 0.2) is 35.0 Å². The predicted molar refractivity (Wildman–Crippen MR) is 85.5 cm³/mol. The topological polar surface area (TPSA) is 67.8 Å². The molecule has 1 amide bonds. The number of aliphatic hydroxyl groups is 1. The second-order valence-electron chi connectivity index (χ2n) is 4.69. The molecule has 2 rings (SSSR count). The van der Waals surface area contributed by atoms with Gasteiger partial charge in [0.1, 0.15) is 0 Å². The van der Waals surface area contributed by atoms with E-state index in [4.69, 9.17) is 9.47 Å². The van der Waals surface area contributed by atoms with E-state index in [1.807, 2.05) is 23.6 Å². The van der Waals surface area contributed by atoms with E-state index in [0.29, 0.717) is 30.0 Å². The van der Waals surface area contributed by atoms with Crippen LogP contribution in [-0.4, -0.2) is 31.8 Å². The average Bonchev–Trinajstić information content (AvgIpc) is 3.08. The van der Waals surface area contributed by atoms with Crippen molar-refractivity contribution in [3.05, 3.63) is 46.2 Å². The fourth-order valence-electron chi connectivity index (χ4n) is 2.04. The smallest absolute Gasteiger partial charge is 0.253 e. The third kappa shape index (κ3) is 3.99. The maximum Gasteiger partial charge on any atom is 0.253 e. The summed E-state index contributed by atoms with van der Waals surface area (Å²) in [5, 5.41) is 16.2. The number of amides is 1. The predicted octanol–water partition coefficient (Wildman–Crippen LogP) is 2.16. The molecule has 2 N–H and O–H groups in total. The van der Waals surface area contributed by atoms with E-state index in [0.717, 1.165) is 5.56 Å². The molecule has 2 aromatic rings. The second kappa shape index (κ2) is 7.82. The quantitative estimate of drug-likeness (QED) is 0.820. The maximum absolute atomic E-state index is 11.9. The maximum atomic E-state index is 11.9. The van der Waals surface area contributed by atoms with E-state index in [-0.39, 0.29) is 5.91 Å². The zero-order valence-electron chi connectivity index (χ0n) is 12.5. The minimum atomic E-state index is -1.11. The third-order valence-corrected chi connectivity index (χ3v) is 3.97. The Morgan fingerprint density at radius 2 is 2.05 bits per heavy atom. The molecule has 6 heteroatoms. The number of rotatable bonds is 7. The number of nitrogens with one attached hydrogen (secondary N) is 1. The van der Waals surface area contributed by atoms with Gasteiger partial charge in [-0.3, -0.25) is 4.79 Å². The van der Waals surface area contributed by atoms with Crippen LogP contribution in [0.4, 0.5) is 0 Å². The first kappa shape index (κ1) is 16.3. The zero-order valence-corrected chi connectivity index (χ0v) is 13.4. The summed E-state index contributed by atoms with van der Waals surface area (Å²) in [5.41, 5.74) is 1.64. The number of thiophene rings is 1. The highest BCUT2D eigenvalue weighted by atomic mass is 32.1. The van der Waals surface area contributed by atoms with Crippen LogP contribution in [0.3, 0.4) is 0 Å². The molecule has 1 aromatic carbocycles. The van der Waals surface area contributed by atoms with E-state index < -0.39 is 6.10 Å². The summed E-state index contributed by atoms with van der Waals surface area (Å²) in [6, 6.07) is 7.36. The molecule has 1 heterocycles. The number of ether oxygens (including phenoxy) is 2. The molecule has 0 bridgehead atoms. The van der Waals surface area contributed by atoms with Crippen molar-refractivity contribution in [2.24, 2.45) is 0 Å². The zero-order chi connectivity index (χ0) is 15.9. The minimum absolute atomic E-state index is 0.390. The van der Waals surface area contributed by atoms with Gasteiger partial charge in [0.05, 0.1) is 14.2 Å². The van der Waals surface area contributed by atoms with Crippen molar-refractivity contribution in [2.45, 2.75) is 12.5 Å². The standard InChI is InChI=1S/C16H19NO4S/c1-20-13-4-3-11(9-14(13)21-2)5-7-17-16(19)15(18)12-6-8-22-10-12/h3-4,6,8-10,15,18H,5,7H2,1-2H3,(H,17,19). The number of benzene rings is 1. The Hall–Kier alpha value is -2.05. The molecule has 1 unspecified atom stereocenters. The molecule has 0 aliphatic rings. The Bertz CT molecular complexity index is 613. The Morgan fingerprint density at radius 3 is 2.68 bits per heavy atom. The highest BCUT2D eigenvalue weighted by Gasteiger charge is 2.16. The molecule has 0 aliphatic heterocycles. The third-order valence-electron chi connectivity index (χ3n) is 3.27. The van der Waals surface area contributed by atoms with Gasteiger partial charge in [0.25, 0.3) is 5.91 Å². The van der Waals surface area contributed by atoms with Crippen molar-refractivity contribution in [3.8, 4) is 11.5 Å². The van der Waals surface area contributed by atoms with Crippen LogP contribution in [0, 0.1) is 0 Å². The molecule has 118 valence electrons. The van der Waals surface area contributed by atoms with Gasteiger partial charge in [-0.25, -0.2) is 0 Å². The van der Waals surface area contributed by atoms with Gasteiger partial charge in [-0.1, -0.05) is 6.07 Å². The normalized spacial score (nSPS) is 11.8. The average molecular weight is 321 g/mol. The molecule has 5 nitrogen and oxygen atoms in total. The van der Waals surface area contributed by atoms with Crippen molar-refractivity contribution in [1.82, 2.24) is 5.32 Å². The van der Waals surface area contributed by atoms with Crippen LogP contribution in [0.1, 0.15) is 17.2 Å². The van der Waals surface area contributed by atoms with Crippen LogP contribution in [0.25, 0.3) is 0 Å². The second-order valence-corrected chi connectivity index (χ2v) is 5.47. The summed E-state index contributed by atoms with van der Waals surface area (Å²) in [4.78, 5) is 11.9. The number of aliphatic hydroxyl groups excluding tert-OH is 1. The van der Waals surface area contributed by atoms with Gasteiger partial charge in [0.15, 0.2) is 17.6 Å². The number of carbonyl (C=O) groups is 1. The molecular weight excluding hydrogens is 302 g/mol. The van der Waals surface area contributed by atoms with E-state index in [9.17, 15) is 9.90 Å². The summed E-state index contributed by atoms with van der Waals surface area (Å²) in [7, 11) is 3.17. The summed E-state index contributed by atoms with van der Waals surface area (Å²) >= 11 is 1.45. The van der Waals surface area contributed by atoms with Crippen LogP contribution in [0.5, 0.6) is 11.5 Å². The van der Waals surface area contributed by atoms with E-state index in [2.05, 4.69) is 5.32 Å². The van der Waals surface area contributed by atoms with E-state index in [1.54, 1.807) is 25.7 Å². The molecule has 0 spiro atoms. The van der Waals surface area contributed by atoms with Crippen molar-refractivity contribution in [3.63, 3.8) is 0 Å². The molecular formula is C16H19NO4S. The largest absolute Gasteiger partial charge is 0.493 e. The molecule has 0 saturated carbocycles. The van der Waals surface area contributed by atoms with Crippen molar-refractivity contribution in [2.75, 3.05) is 20.8 Å². The molecule has 1 aromatic heterocycles. The fraction of sp³-hybridized carbons (Fsp3) is 0.312. The minimum Gasteiger partial charge on any atom is -0.493 e. The lowest BCUT2D eigenvalue weighted by atomic mass is 10.1. The number of hydrogen-bond donors (Lipinski definition) is 2. The molecule has 0 radical (unpaired) electrons. The molecule has 0 aliphatic carbocycles. The monoisotopic (exact) mass is 321 g/mol. The van der Waals surface area contributed by atoms with E-state index in [1.165, 1.54) is 11.3 Å². The van der Waals surface area contributed by atoms with Gasteiger partial charge < -0.3 is 19.9 Å². The Balaban J connectivity index is 1.87. The van der Waals surface area contributed by atoms with Gasteiger partial charge in [0, 0.05) is 12.1 Å². The Kier molecular flexibility index (Phi) is 5.80. The van der Waals surface area contributed by atoms with Crippen LogP contribution in [0.2, 0.25) is 0 Å². The lowest BCUT2D eigenvalue weighted by molar-refractivity contribution is -0.129. The van der Waals surface area contributed by atoms with Gasteiger partial charge in [-0.15, -0.1) is 0 Å². The van der Waals surface area contributed by atoms with Crippen molar-refractivity contribution in [1.29, 1.82) is 0 Å². The molecule has 0 saturated heterocycles. The van der Waals surface area contributed by atoms with E-state index >= 15 is 0 Å². The van der Waals surface area contributed by atoms with Crippen molar-refractivity contribution < 1.29 is 19.4 Å². The lowest BCUT2D eigenvalue weighted by Gasteiger charge is -2.12. The van der Waals surface area contributed by atoms with Gasteiger partial charge in [0.2, 0.25) is 0 Å².